The number of hydrogen-bond donors (Lipinski definition) is 1. The zero-order chi connectivity index (χ0) is 13.0. The monoisotopic (exact) mass is 299 g/mol. The van der Waals surface area contributed by atoms with Crippen molar-refractivity contribution in [1.29, 1.82) is 0 Å². The van der Waals surface area contributed by atoms with Crippen LogP contribution in [0.2, 0.25) is 0 Å². The van der Waals surface area contributed by atoms with E-state index < -0.39 is 0 Å². The molecule has 18 heavy (non-hydrogen) atoms. The Bertz CT molecular complexity index is 536. The summed E-state index contributed by atoms with van der Waals surface area (Å²) in [6, 6.07) is 15.1. The van der Waals surface area contributed by atoms with Crippen LogP contribution in [0.25, 0.3) is 0 Å². The fourth-order valence-corrected chi connectivity index (χ4v) is 3.53. The molecule has 1 N–H and O–H groups in total. The first-order valence-corrected chi connectivity index (χ1v) is 8.11. The number of hydrogen-bond acceptors (Lipinski definition) is 1. The van der Waals surface area contributed by atoms with Crippen molar-refractivity contribution in [2.75, 3.05) is 5.32 Å². The quantitative estimate of drug-likeness (QED) is 0.859. The van der Waals surface area contributed by atoms with Crippen LogP contribution in [-0.4, -0.2) is 20.2 Å². The zero-order valence-electron chi connectivity index (χ0n) is 11.1. The average molecular weight is 299 g/mol. The maximum absolute atomic E-state index is 3.47. The summed E-state index contributed by atoms with van der Waals surface area (Å²) in [5.41, 5.74) is 5.22. The van der Waals surface area contributed by atoms with Crippen molar-refractivity contribution in [3.63, 3.8) is 0 Å². The van der Waals surface area contributed by atoms with E-state index >= 15 is 0 Å². The molecule has 2 aromatic rings. The SMILES string of the molecule is Cc1cc(C)c(NC=[As]c2ccccc2)c(C)c1. The predicted molar refractivity (Wildman–Crippen MR) is 82.2 cm³/mol. The molecule has 0 bridgehead atoms. The van der Waals surface area contributed by atoms with Gasteiger partial charge in [-0.3, -0.25) is 0 Å². The van der Waals surface area contributed by atoms with Crippen LogP contribution in [0.5, 0.6) is 0 Å². The molecule has 2 heteroatoms. The van der Waals surface area contributed by atoms with Gasteiger partial charge in [0.15, 0.2) is 0 Å². The van der Waals surface area contributed by atoms with Gasteiger partial charge in [0.05, 0.1) is 0 Å². The number of benzene rings is 2. The van der Waals surface area contributed by atoms with Gasteiger partial charge in [-0.25, -0.2) is 0 Å². The molecular formula is C16H18AsN. The van der Waals surface area contributed by atoms with E-state index in [9.17, 15) is 0 Å². The van der Waals surface area contributed by atoms with Crippen molar-refractivity contribution in [1.82, 2.24) is 0 Å². The van der Waals surface area contributed by atoms with Crippen molar-refractivity contribution >= 4 is 30.3 Å². The van der Waals surface area contributed by atoms with Crippen LogP contribution in [0.15, 0.2) is 42.5 Å². The topological polar surface area (TPSA) is 12.0 Å². The second-order valence-corrected chi connectivity index (χ2v) is 6.68. The van der Waals surface area contributed by atoms with Crippen molar-refractivity contribution in [2.45, 2.75) is 20.8 Å². The Balaban J connectivity index is 2.14. The van der Waals surface area contributed by atoms with Gasteiger partial charge in [0.1, 0.15) is 0 Å². The second-order valence-electron chi connectivity index (χ2n) is 4.51. The molecule has 92 valence electrons. The summed E-state index contributed by atoms with van der Waals surface area (Å²) in [5, 5.41) is 3.47. The van der Waals surface area contributed by atoms with Crippen LogP contribution >= 0.6 is 0 Å². The molecule has 0 spiro atoms. The Morgan fingerprint density at radius 3 is 2.17 bits per heavy atom. The van der Waals surface area contributed by atoms with Crippen LogP contribution in [0.1, 0.15) is 16.7 Å². The molecule has 0 heterocycles. The molecule has 2 aromatic carbocycles. The van der Waals surface area contributed by atoms with Crippen molar-refractivity contribution in [3.05, 3.63) is 59.2 Å². The molecule has 0 saturated heterocycles. The minimum atomic E-state index is 0.0801. The van der Waals surface area contributed by atoms with Crippen molar-refractivity contribution in [3.8, 4) is 0 Å². The fraction of sp³-hybridized carbons (Fsp3) is 0.188. The maximum atomic E-state index is 3.47. The van der Waals surface area contributed by atoms with Gasteiger partial charge >= 0.3 is 116 Å². The summed E-state index contributed by atoms with van der Waals surface area (Å²) in [7, 11) is 0. The van der Waals surface area contributed by atoms with Crippen LogP contribution < -0.4 is 9.67 Å². The first-order chi connectivity index (χ1) is 8.66. The van der Waals surface area contributed by atoms with Crippen molar-refractivity contribution < 1.29 is 0 Å². The van der Waals surface area contributed by atoms with E-state index in [0.717, 1.165) is 0 Å². The number of rotatable bonds is 3. The summed E-state index contributed by atoms with van der Waals surface area (Å²) < 4.78 is 1.42. The third-order valence-electron chi connectivity index (χ3n) is 2.86. The van der Waals surface area contributed by atoms with E-state index in [2.05, 4.69) is 73.5 Å². The van der Waals surface area contributed by atoms with Gasteiger partial charge < -0.3 is 0 Å². The molecule has 0 amide bonds. The summed E-state index contributed by atoms with van der Waals surface area (Å²) in [4.78, 5) is 2.22. The van der Waals surface area contributed by atoms with Crippen LogP contribution in [0.4, 0.5) is 5.69 Å². The zero-order valence-corrected chi connectivity index (χ0v) is 12.9. The molecule has 0 aliphatic rings. The van der Waals surface area contributed by atoms with Crippen LogP contribution in [0.3, 0.4) is 0 Å². The molecule has 0 aliphatic heterocycles. The van der Waals surface area contributed by atoms with Gasteiger partial charge in [-0.1, -0.05) is 0 Å². The molecule has 0 unspecified atom stereocenters. The molecule has 0 radical (unpaired) electrons. The third kappa shape index (κ3) is 3.33. The summed E-state index contributed by atoms with van der Waals surface area (Å²) in [5.74, 6) is 0. The van der Waals surface area contributed by atoms with Gasteiger partial charge in [0, 0.05) is 0 Å². The predicted octanol–water partition coefficient (Wildman–Crippen LogP) is 2.81. The molecule has 0 fully saturated rings. The first-order valence-electron chi connectivity index (χ1n) is 6.09. The Labute approximate surface area is 115 Å². The Morgan fingerprint density at radius 1 is 0.944 bits per heavy atom. The summed E-state index contributed by atoms with van der Waals surface area (Å²) in [6.07, 6.45) is 0. The Hall–Kier alpha value is -1.33. The standard InChI is InChI=1S/C16H18AsN/c1-12-9-13(2)16(14(3)10-12)18-11-17-15-7-5-4-6-8-15/h4-11,18H,1-3H3. The summed E-state index contributed by atoms with van der Waals surface area (Å²) >= 11 is 0.0801. The van der Waals surface area contributed by atoms with Crippen LogP contribution in [0, 0.1) is 20.8 Å². The van der Waals surface area contributed by atoms with E-state index in [1.165, 1.54) is 26.7 Å². The molecule has 0 atom stereocenters. The van der Waals surface area contributed by atoms with E-state index in [1.807, 2.05) is 0 Å². The van der Waals surface area contributed by atoms with Crippen molar-refractivity contribution in [2.24, 2.45) is 0 Å². The molecular weight excluding hydrogens is 281 g/mol. The Kier molecular flexibility index (Phi) is 4.38. The molecule has 0 saturated carbocycles. The van der Waals surface area contributed by atoms with Crippen LogP contribution in [-0.2, 0) is 0 Å². The summed E-state index contributed by atoms with van der Waals surface area (Å²) in [6.45, 7) is 6.47. The molecule has 0 aromatic heterocycles. The third-order valence-corrected chi connectivity index (χ3v) is 4.65. The molecule has 0 aliphatic carbocycles. The number of nitrogens with one attached hydrogen (secondary N) is 1. The second kappa shape index (κ2) is 6.02. The fourth-order valence-electron chi connectivity index (χ4n) is 2.09. The normalized spacial score (nSPS) is 10.8. The average Bonchev–Trinajstić information content (AvgIpc) is 2.34. The van der Waals surface area contributed by atoms with E-state index in [-0.39, 0.29) is 15.3 Å². The minimum absolute atomic E-state index is 0.0801. The van der Waals surface area contributed by atoms with Gasteiger partial charge in [-0.05, 0) is 0 Å². The van der Waals surface area contributed by atoms with E-state index in [0.29, 0.717) is 0 Å². The van der Waals surface area contributed by atoms with Gasteiger partial charge in [-0.2, -0.15) is 0 Å². The number of anilines is 1. The number of aryl methyl sites for hydroxylation is 3. The molecule has 1 nitrogen and oxygen atoms in total. The van der Waals surface area contributed by atoms with E-state index in [4.69, 9.17) is 0 Å². The Morgan fingerprint density at radius 2 is 1.56 bits per heavy atom. The van der Waals surface area contributed by atoms with Gasteiger partial charge in [0.2, 0.25) is 0 Å². The van der Waals surface area contributed by atoms with Gasteiger partial charge in [0.25, 0.3) is 0 Å². The van der Waals surface area contributed by atoms with Gasteiger partial charge in [-0.15, -0.1) is 0 Å². The first kappa shape index (κ1) is 13.1. The molecule has 2 rings (SSSR count). The van der Waals surface area contributed by atoms with E-state index in [1.54, 1.807) is 0 Å².